The molecule has 4 nitrogen and oxygen atoms in total. The molecule has 0 saturated carbocycles. The summed E-state index contributed by atoms with van der Waals surface area (Å²) >= 11 is 0. The normalized spacial score (nSPS) is 14.3. The fourth-order valence-electron chi connectivity index (χ4n) is 2.11. The Balaban J connectivity index is 2.24. The Morgan fingerprint density at radius 2 is 2.26 bits per heavy atom. The highest BCUT2D eigenvalue weighted by Crippen LogP contribution is 2.32. The first-order valence-corrected chi connectivity index (χ1v) is 6.40. The molecule has 1 aliphatic rings. The van der Waals surface area contributed by atoms with Crippen LogP contribution in [-0.4, -0.2) is 32.6 Å². The van der Waals surface area contributed by atoms with Gasteiger partial charge in [0.25, 0.3) is 0 Å². The van der Waals surface area contributed by atoms with E-state index in [2.05, 4.69) is 16.5 Å². The van der Waals surface area contributed by atoms with E-state index in [-0.39, 0.29) is 0 Å². The van der Waals surface area contributed by atoms with E-state index in [0.717, 1.165) is 29.3 Å². The Morgan fingerprint density at radius 3 is 2.84 bits per heavy atom. The molecular weight excluding hydrogens is 240 g/mol. The molecule has 0 bridgehead atoms. The lowest BCUT2D eigenvalue weighted by atomic mass is 10.1. The molecule has 0 fully saturated rings. The average Bonchev–Trinajstić information content (AvgIpc) is 2.84. The zero-order chi connectivity index (χ0) is 13.8. The molecule has 0 aromatic heterocycles. The first-order valence-electron chi connectivity index (χ1n) is 6.40. The zero-order valence-corrected chi connectivity index (χ0v) is 11.8. The Kier molecular flexibility index (Phi) is 4.10. The lowest BCUT2D eigenvalue weighted by Crippen LogP contribution is -2.22. The van der Waals surface area contributed by atoms with Gasteiger partial charge in [0.15, 0.2) is 0 Å². The molecule has 0 radical (unpaired) electrons. The van der Waals surface area contributed by atoms with Crippen LogP contribution >= 0.6 is 0 Å². The van der Waals surface area contributed by atoms with Gasteiger partial charge in [0.2, 0.25) is 0 Å². The molecule has 1 aromatic carbocycles. The Labute approximate surface area is 114 Å². The van der Waals surface area contributed by atoms with Crippen LogP contribution in [0.2, 0.25) is 0 Å². The summed E-state index contributed by atoms with van der Waals surface area (Å²) in [7, 11) is 1.68. The highest BCUT2D eigenvalue weighted by atomic mass is 16.5. The van der Waals surface area contributed by atoms with Gasteiger partial charge in [0.1, 0.15) is 18.2 Å². The van der Waals surface area contributed by atoms with Crippen LogP contribution in [0.1, 0.15) is 19.4 Å². The number of benzene rings is 1. The minimum Gasteiger partial charge on any atom is -0.495 e. The van der Waals surface area contributed by atoms with Crippen molar-refractivity contribution in [3.63, 3.8) is 0 Å². The first kappa shape index (κ1) is 13.5. The summed E-state index contributed by atoms with van der Waals surface area (Å²) in [5.41, 5.74) is 3.14. The molecule has 1 heterocycles. The van der Waals surface area contributed by atoms with Crippen LogP contribution in [0.25, 0.3) is 5.76 Å². The predicted octanol–water partition coefficient (Wildman–Crippen LogP) is 2.94. The summed E-state index contributed by atoms with van der Waals surface area (Å²) in [6.07, 6.45) is 0. The Morgan fingerprint density at radius 1 is 1.47 bits per heavy atom. The number of ether oxygens (including phenoxy) is 2. The van der Waals surface area contributed by atoms with Crippen molar-refractivity contribution in [2.45, 2.75) is 13.8 Å². The van der Waals surface area contributed by atoms with Crippen molar-refractivity contribution in [1.82, 2.24) is 0 Å². The topological polar surface area (TPSA) is 34.1 Å². The number of hydrogen-bond donors (Lipinski definition) is 0. The van der Waals surface area contributed by atoms with Crippen molar-refractivity contribution in [1.29, 1.82) is 0 Å². The van der Waals surface area contributed by atoms with Crippen molar-refractivity contribution < 1.29 is 9.47 Å². The van der Waals surface area contributed by atoms with Gasteiger partial charge in [-0.05, 0) is 32.0 Å². The number of methoxy groups -OCH3 is 1. The van der Waals surface area contributed by atoms with Crippen molar-refractivity contribution in [2.75, 3.05) is 31.8 Å². The maximum atomic E-state index is 5.47. The number of aliphatic imine (C=N–C) groups is 1. The van der Waals surface area contributed by atoms with E-state index in [1.807, 2.05) is 32.0 Å². The molecule has 0 spiro atoms. The molecule has 0 N–H and O–H groups in total. The molecule has 0 unspecified atom stereocenters. The van der Waals surface area contributed by atoms with Gasteiger partial charge < -0.3 is 14.4 Å². The second-order valence-electron chi connectivity index (χ2n) is 4.48. The summed E-state index contributed by atoms with van der Waals surface area (Å²) < 4.78 is 10.9. The molecule has 0 atom stereocenters. The van der Waals surface area contributed by atoms with E-state index < -0.39 is 0 Å². The van der Waals surface area contributed by atoms with E-state index in [0.29, 0.717) is 19.0 Å². The molecule has 1 aliphatic heterocycles. The van der Waals surface area contributed by atoms with Crippen molar-refractivity contribution in [2.24, 2.45) is 4.99 Å². The summed E-state index contributed by atoms with van der Waals surface area (Å²) in [6, 6.07) is 6.00. The van der Waals surface area contributed by atoms with Crippen molar-refractivity contribution in [3.05, 3.63) is 30.3 Å². The third kappa shape index (κ3) is 2.89. The van der Waals surface area contributed by atoms with Gasteiger partial charge in [0, 0.05) is 11.3 Å². The molecule has 4 heteroatoms. The number of anilines is 1. The number of hydrogen-bond acceptors (Lipinski definition) is 4. The standard InChI is InChI=1S/C15H20N2O2/c1-5-19-12(3)13-6-7-14(15(8-13)18-4)17-9-11(2)16-10-17/h6-8H,3,5,9-10H2,1-2,4H3. The number of nitrogens with zero attached hydrogens (tertiary/aromatic N) is 2. The maximum absolute atomic E-state index is 5.47. The monoisotopic (exact) mass is 260 g/mol. The fourth-order valence-corrected chi connectivity index (χ4v) is 2.11. The van der Waals surface area contributed by atoms with Crippen LogP contribution in [0.5, 0.6) is 5.75 Å². The molecule has 1 aromatic rings. The van der Waals surface area contributed by atoms with Gasteiger partial charge >= 0.3 is 0 Å². The molecule has 0 saturated heterocycles. The molecular formula is C15H20N2O2. The average molecular weight is 260 g/mol. The third-order valence-electron chi connectivity index (χ3n) is 3.09. The number of rotatable bonds is 5. The maximum Gasteiger partial charge on any atom is 0.142 e. The molecule has 102 valence electrons. The third-order valence-corrected chi connectivity index (χ3v) is 3.09. The van der Waals surface area contributed by atoms with E-state index >= 15 is 0 Å². The van der Waals surface area contributed by atoms with Crippen molar-refractivity contribution in [3.8, 4) is 5.75 Å². The highest BCUT2D eigenvalue weighted by molar-refractivity contribution is 5.89. The van der Waals surface area contributed by atoms with E-state index in [1.165, 1.54) is 0 Å². The van der Waals surface area contributed by atoms with Crippen LogP contribution in [0.4, 0.5) is 5.69 Å². The van der Waals surface area contributed by atoms with Gasteiger partial charge in [-0.3, -0.25) is 4.99 Å². The summed E-state index contributed by atoms with van der Waals surface area (Å²) in [5, 5.41) is 0. The van der Waals surface area contributed by atoms with Gasteiger partial charge in [0.05, 0.1) is 25.9 Å². The highest BCUT2D eigenvalue weighted by Gasteiger charge is 2.17. The minimum atomic E-state index is 0.613. The lowest BCUT2D eigenvalue weighted by Gasteiger charge is -2.20. The largest absolute Gasteiger partial charge is 0.495 e. The summed E-state index contributed by atoms with van der Waals surface area (Å²) in [4.78, 5) is 6.58. The SMILES string of the molecule is C=C(OCC)c1ccc(N2CN=C(C)C2)c(OC)c1. The summed E-state index contributed by atoms with van der Waals surface area (Å²) in [6.45, 7) is 10.1. The van der Waals surface area contributed by atoms with Gasteiger partial charge in [-0.1, -0.05) is 6.58 Å². The quantitative estimate of drug-likeness (QED) is 0.763. The second-order valence-corrected chi connectivity index (χ2v) is 4.48. The lowest BCUT2D eigenvalue weighted by molar-refractivity contribution is 0.299. The van der Waals surface area contributed by atoms with Crippen LogP contribution in [0, 0.1) is 0 Å². The fraction of sp³-hybridized carbons (Fsp3) is 0.400. The van der Waals surface area contributed by atoms with Crippen molar-refractivity contribution >= 4 is 17.2 Å². The van der Waals surface area contributed by atoms with Gasteiger partial charge in [-0.15, -0.1) is 0 Å². The van der Waals surface area contributed by atoms with Crippen LogP contribution in [0.15, 0.2) is 29.8 Å². The predicted molar refractivity (Wildman–Crippen MR) is 79.0 cm³/mol. The van der Waals surface area contributed by atoms with E-state index in [1.54, 1.807) is 7.11 Å². The Bertz CT molecular complexity index is 509. The van der Waals surface area contributed by atoms with E-state index in [4.69, 9.17) is 9.47 Å². The van der Waals surface area contributed by atoms with Crippen LogP contribution < -0.4 is 9.64 Å². The second kappa shape index (κ2) is 5.78. The zero-order valence-electron chi connectivity index (χ0n) is 11.8. The Hall–Kier alpha value is -1.97. The van der Waals surface area contributed by atoms with Gasteiger partial charge in [-0.25, -0.2) is 0 Å². The molecule has 0 aliphatic carbocycles. The van der Waals surface area contributed by atoms with Crippen LogP contribution in [0.3, 0.4) is 0 Å². The van der Waals surface area contributed by atoms with Gasteiger partial charge in [-0.2, -0.15) is 0 Å². The molecule has 0 amide bonds. The minimum absolute atomic E-state index is 0.613. The smallest absolute Gasteiger partial charge is 0.142 e. The summed E-state index contributed by atoms with van der Waals surface area (Å²) in [5.74, 6) is 1.49. The molecule has 19 heavy (non-hydrogen) atoms. The van der Waals surface area contributed by atoms with Crippen LogP contribution in [-0.2, 0) is 4.74 Å². The first-order chi connectivity index (χ1) is 9.15. The molecule has 2 rings (SSSR count). The van der Waals surface area contributed by atoms with E-state index in [9.17, 15) is 0 Å².